The Morgan fingerprint density at radius 1 is 1.75 bits per heavy atom. The van der Waals surface area contributed by atoms with Crippen LogP contribution in [-0.2, 0) is 0 Å². The van der Waals surface area contributed by atoms with Crippen LogP contribution in [0.1, 0.15) is 0 Å². The highest BCUT2D eigenvalue weighted by atomic mass is 16.5. The molecule has 0 amide bonds. The van der Waals surface area contributed by atoms with Gasteiger partial charge in [-0.25, -0.2) is 0 Å². The lowest BCUT2D eigenvalue weighted by Gasteiger charge is -1.92. The van der Waals surface area contributed by atoms with Crippen molar-refractivity contribution in [3.8, 4) is 0 Å². The van der Waals surface area contributed by atoms with Crippen molar-refractivity contribution in [2.45, 2.75) is 0 Å². The van der Waals surface area contributed by atoms with Crippen LogP contribution < -0.4 is 10.5 Å². The standard InChI is InChI=1S/C5H5N2O/c6-5-2-1-3-7(8)4-5/h1,3-4H,6H2. The van der Waals surface area contributed by atoms with Crippen molar-refractivity contribution in [3.05, 3.63) is 29.7 Å². The highest BCUT2D eigenvalue weighted by Crippen LogP contribution is 1.89. The van der Waals surface area contributed by atoms with Gasteiger partial charge in [0.05, 0.1) is 0 Å². The highest BCUT2D eigenvalue weighted by Gasteiger charge is 1.86. The zero-order chi connectivity index (χ0) is 5.98. The van der Waals surface area contributed by atoms with E-state index >= 15 is 0 Å². The van der Waals surface area contributed by atoms with Crippen LogP contribution in [-0.4, -0.2) is 0 Å². The molecule has 1 heterocycles. The summed E-state index contributed by atoms with van der Waals surface area (Å²) in [6.45, 7) is 0. The van der Waals surface area contributed by atoms with Gasteiger partial charge in [-0.1, -0.05) is 0 Å². The summed E-state index contributed by atoms with van der Waals surface area (Å²) < 4.78 is 0.631. The number of pyridine rings is 1. The smallest absolute Gasteiger partial charge is 0.203 e. The summed E-state index contributed by atoms with van der Waals surface area (Å²) in [5.74, 6) is 0. The molecule has 3 heteroatoms. The molecule has 0 aliphatic heterocycles. The van der Waals surface area contributed by atoms with Crippen LogP contribution in [0.5, 0.6) is 0 Å². The molecule has 0 aromatic carbocycles. The van der Waals surface area contributed by atoms with E-state index in [-0.39, 0.29) is 0 Å². The quantitative estimate of drug-likeness (QED) is 0.367. The first-order valence-corrected chi connectivity index (χ1v) is 2.15. The lowest BCUT2D eigenvalue weighted by molar-refractivity contribution is -0.604. The molecule has 0 saturated heterocycles. The molecule has 0 saturated carbocycles. The van der Waals surface area contributed by atoms with Crippen LogP contribution >= 0.6 is 0 Å². The minimum absolute atomic E-state index is 0.363. The van der Waals surface area contributed by atoms with E-state index in [0.29, 0.717) is 10.4 Å². The Labute approximate surface area is 46.9 Å². The average molecular weight is 109 g/mol. The van der Waals surface area contributed by atoms with Crippen LogP contribution in [0.25, 0.3) is 0 Å². The zero-order valence-electron chi connectivity index (χ0n) is 4.16. The monoisotopic (exact) mass is 109 g/mol. The maximum absolute atomic E-state index is 10.3. The predicted octanol–water partition coefficient (Wildman–Crippen LogP) is -0.298. The van der Waals surface area contributed by atoms with Gasteiger partial charge in [0, 0.05) is 12.1 Å². The van der Waals surface area contributed by atoms with E-state index in [1.165, 1.54) is 18.5 Å². The van der Waals surface area contributed by atoms with E-state index in [1.54, 1.807) is 0 Å². The Balaban J connectivity index is 3.08. The van der Waals surface area contributed by atoms with Gasteiger partial charge in [0.25, 0.3) is 0 Å². The number of nitrogens with two attached hydrogens (primary N) is 1. The molecule has 0 unspecified atom stereocenters. The van der Waals surface area contributed by atoms with Crippen molar-refractivity contribution < 1.29 is 4.73 Å². The number of nitrogen functional groups attached to an aromatic ring is 1. The molecule has 2 N–H and O–H groups in total. The fourth-order valence-electron chi connectivity index (χ4n) is 0.424. The van der Waals surface area contributed by atoms with E-state index in [1.807, 2.05) is 0 Å². The van der Waals surface area contributed by atoms with Gasteiger partial charge in [0.2, 0.25) is 6.20 Å². The Kier molecular flexibility index (Phi) is 1.04. The second-order valence-electron chi connectivity index (χ2n) is 1.40. The third-order valence-corrected chi connectivity index (χ3v) is 0.738. The van der Waals surface area contributed by atoms with Crippen molar-refractivity contribution in [1.82, 2.24) is 0 Å². The summed E-state index contributed by atoms with van der Waals surface area (Å²) >= 11 is 0. The summed E-state index contributed by atoms with van der Waals surface area (Å²) in [7, 11) is 0. The predicted molar refractivity (Wildman–Crippen MR) is 28.7 cm³/mol. The molecule has 1 radical (unpaired) electrons. The fourth-order valence-corrected chi connectivity index (χ4v) is 0.424. The molecule has 8 heavy (non-hydrogen) atoms. The lowest BCUT2D eigenvalue weighted by atomic mass is 10.4. The molecule has 0 atom stereocenters. The first-order chi connectivity index (χ1) is 3.79. The summed E-state index contributed by atoms with van der Waals surface area (Å²) in [6, 6.07) is 4.10. The van der Waals surface area contributed by atoms with Gasteiger partial charge >= 0.3 is 0 Å². The van der Waals surface area contributed by atoms with Gasteiger partial charge in [-0.2, -0.15) is 4.73 Å². The Hall–Kier alpha value is -1.25. The van der Waals surface area contributed by atoms with Crippen molar-refractivity contribution in [2.75, 3.05) is 5.73 Å². The number of nitrogens with zero attached hydrogens (tertiary/aromatic N) is 1. The van der Waals surface area contributed by atoms with Crippen LogP contribution in [0.4, 0.5) is 5.69 Å². The molecule has 0 spiro atoms. The SMILES string of the molecule is Nc1[c]cc[n+]([O-])c1. The fraction of sp³-hybridized carbons (Fsp3) is 0. The van der Waals surface area contributed by atoms with Gasteiger partial charge in [-0.3, -0.25) is 0 Å². The van der Waals surface area contributed by atoms with Crippen molar-refractivity contribution in [3.63, 3.8) is 0 Å². The first-order valence-electron chi connectivity index (χ1n) is 2.15. The number of aromatic nitrogens is 1. The van der Waals surface area contributed by atoms with E-state index in [9.17, 15) is 5.21 Å². The van der Waals surface area contributed by atoms with E-state index < -0.39 is 0 Å². The lowest BCUT2D eigenvalue weighted by Crippen LogP contribution is -2.24. The average Bonchev–Trinajstić information content (AvgIpc) is 1.64. The number of anilines is 1. The topological polar surface area (TPSA) is 53.0 Å². The summed E-state index contributed by atoms with van der Waals surface area (Å²) in [6.07, 6.45) is 2.58. The summed E-state index contributed by atoms with van der Waals surface area (Å²) in [4.78, 5) is 0. The largest absolute Gasteiger partial charge is 0.619 e. The second-order valence-corrected chi connectivity index (χ2v) is 1.40. The number of rotatable bonds is 0. The molecule has 1 aromatic heterocycles. The Bertz CT molecular complexity index is 170. The van der Waals surface area contributed by atoms with E-state index in [0.717, 1.165) is 0 Å². The number of hydrogen-bond acceptors (Lipinski definition) is 2. The van der Waals surface area contributed by atoms with E-state index in [2.05, 4.69) is 6.07 Å². The normalized spacial score (nSPS) is 9.00. The molecule has 3 nitrogen and oxygen atoms in total. The van der Waals surface area contributed by atoms with Gasteiger partial charge in [0.15, 0.2) is 6.20 Å². The zero-order valence-corrected chi connectivity index (χ0v) is 4.16. The molecule has 0 bridgehead atoms. The molecular formula is C5H5N2O. The maximum Gasteiger partial charge on any atom is 0.203 e. The van der Waals surface area contributed by atoms with Gasteiger partial charge in [-0.05, 0) is 0 Å². The molecule has 41 valence electrons. The third-order valence-electron chi connectivity index (χ3n) is 0.738. The van der Waals surface area contributed by atoms with E-state index in [4.69, 9.17) is 5.73 Å². The summed E-state index contributed by atoms with van der Waals surface area (Å²) in [5, 5.41) is 10.3. The van der Waals surface area contributed by atoms with Gasteiger partial charge < -0.3 is 10.9 Å². The van der Waals surface area contributed by atoms with Crippen molar-refractivity contribution >= 4 is 5.69 Å². The molecule has 0 aliphatic carbocycles. The Morgan fingerprint density at radius 3 is 2.88 bits per heavy atom. The van der Waals surface area contributed by atoms with Gasteiger partial charge in [0.1, 0.15) is 5.69 Å². The molecule has 0 fully saturated rings. The minimum atomic E-state index is 0.363. The van der Waals surface area contributed by atoms with Crippen LogP contribution in [0, 0.1) is 11.3 Å². The third kappa shape index (κ3) is 0.872. The molecule has 1 aromatic rings. The van der Waals surface area contributed by atoms with Gasteiger partial charge in [-0.15, -0.1) is 0 Å². The maximum atomic E-state index is 10.3. The van der Waals surface area contributed by atoms with Crippen LogP contribution in [0.2, 0.25) is 0 Å². The second kappa shape index (κ2) is 1.69. The first kappa shape index (κ1) is 4.90. The van der Waals surface area contributed by atoms with Crippen molar-refractivity contribution in [1.29, 1.82) is 0 Å². The van der Waals surface area contributed by atoms with Crippen molar-refractivity contribution in [2.24, 2.45) is 0 Å². The molecular weight excluding hydrogens is 104 g/mol. The van der Waals surface area contributed by atoms with Crippen LogP contribution in [0.3, 0.4) is 0 Å². The highest BCUT2D eigenvalue weighted by molar-refractivity contribution is 5.28. The number of hydrogen-bond donors (Lipinski definition) is 1. The Morgan fingerprint density at radius 2 is 2.50 bits per heavy atom. The van der Waals surface area contributed by atoms with Crippen LogP contribution in [0.15, 0.2) is 18.5 Å². The molecule has 1 rings (SSSR count). The molecule has 0 aliphatic rings. The minimum Gasteiger partial charge on any atom is -0.619 e. The summed E-state index contributed by atoms with van der Waals surface area (Å²) in [5.41, 5.74) is 5.55.